The molecule has 4 heteroatoms. The van der Waals surface area contributed by atoms with Crippen LogP contribution in [0.2, 0.25) is 0 Å². The second-order valence-electron chi connectivity index (χ2n) is 4.09. The van der Waals surface area contributed by atoms with Gasteiger partial charge >= 0.3 is 7.60 Å². The van der Waals surface area contributed by atoms with Gasteiger partial charge in [-0.25, -0.2) is 4.57 Å². The minimum absolute atomic E-state index is 0.477. The molecule has 0 heterocycles. The highest BCUT2D eigenvalue weighted by Gasteiger charge is 2.12. The molecule has 0 aliphatic carbocycles. The zero-order chi connectivity index (χ0) is 12.2. The summed E-state index contributed by atoms with van der Waals surface area (Å²) in [7, 11) is -3.45. The molecule has 0 spiro atoms. The molecule has 0 bridgehead atoms. The van der Waals surface area contributed by atoms with Gasteiger partial charge in [-0.15, -0.1) is 0 Å². The summed E-state index contributed by atoms with van der Waals surface area (Å²) in [6.45, 7) is 5.38. The van der Waals surface area contributed by atoms with E-state index < -0.39 is 7.60 Å². The molecule has 0 aliphatic rings. The lowest BCUT2D eigenvalue weighted by Gasteiger charge is -2.11. The van der Waals surface area contributed by atoms with Crippen LogP contribution in [0, 0.1) is 6.92 Å². The number of unbranched alkanes of at least 4 members (excludes halogenated alkanes) is 1. The van der Waals surface area contributed by atoms with Crippen molar-refractivity contribution in [3.05, 3.63) is 29.3 Å². The zero-order valence-corrected chi connectivity index (χ0v) is 11.0. The highest BCUT2D eigenvalue weighted by atomic mass is 31.2. The van der Waals surface area contributed by atoms with Gasteiger partial charge < -0.3 is 9.42 Å². The van der Waals surface area contributed by atoms with E-state index in [-0.39, 0.29) is 0 Å². The van der Waals surface area contributed by atoms with Crippen LogP contribution in [0.1, 0.15) is 30.9 Å². The van der Waals surface area contributed by atoms with Crippen LogP contribution < -0.4 is 4.52 Å². The van der Waals surface area contributed by atoms with Gasteiger partial charge in [-0.05, 0) is 43.0 Å². The highest BCUT2D eigenvalue weighted by Crippen LogP contribution is 2.38. The molecule has 0 aliphatic heterocycles. The molecular weight excluding hydrogens is 223 g/mol. The fourth-order valence-electron chi connectivity index (χ4n) is 1.54. The Balaban J connectivity index is 2.85. The molecule has 16 heavy (non-hydrogen) atoms. The number of rotatable bonds is 5. The van der Waals surface area contributed by atoms with Crippen molar-refractivity contribution in [3.8, 4) is 5.75 Å². The predicted molar refractivity (Wildman–Crippen MR) is 66.2 cm³/mol. The molecule has 1 rings (SSSR count). The number of benzene rings is 1. The number of aryl methyl sites for hydroxylation is 2. The van der Waals surface area contributed by atoms with E-state index in [0.717, 1.165) is 19.3 Å². The van der Waals surface area contributed by atoms with Crippen LogP contribution in [0.15, 0.2) is 18.2 Å². The van der Waals surface area contributed by atoms with Gasteiger partial charge in [0, 0.05) is 6.66 Å². The van der Waals surface area contributed by atoms with Gasteiger partial charge in [0.05, 0.1) is 0 Å². The van der Waals surface area contributed by atoms with Crippen molar-refractivity contribution in [2.24, 2.45) is 0 Å². The second kappa shape index (κ2) is 5.51. The fourth-order valence-corrected chi connectivity index (χ4v) is 2.04. The highest BCUT2D eigenvalue weighted by molar-refractivity contribution is 7.52. The maximum atomic E-state index is 11.1. The lowest BCUT2D eigenvalue weighted by atomic mass is 10.0. The van der Waals surface area contributed by atoms with E-state index in [1.807, 2.05) is 19.1 Å². The standard InChI is InChI=1S/C12H19O3P/c1-4-5-6-11-9-12(8-7-10(11)2)15-16(3,13)14/h7-9H,4-6H2,1-3H3,(H,13,14). The lowest BCUT2D eigenvalue weighted by molar-refractivity contribution is 0.387. The molecule has 1 aromatic carbocycles. The van der Waals surface area contributed by atoms with Crippen LogP contribution in [0.5, 0.6) is 5.75 Å². The zero-order valence-electron chi connectivity index (χ0n) is 10.1. The Labute approximate surface area is 97.0 Å². The van der Waals surface area contributed by atoms with Crippen LogP contribution in [0.4, 0.5) is 0 Å². The van der Waals surface area contributed by atoms with Crippen molar-refractivity contribution < 1.29 is 14.0 Å². The Hall–Kier alpha value is -0.790. The summed E-state index contributed by atoms with van der Waals surface area (Å²) >= 11 is 0. The van der Waals surface area contributed by atoms with Gasteiger partial charge in [0.2, 0.25) is 0 Å². The first-order chi connectivity index (χ1) is 7.42. The van der Waals surface area contributed by atoms with Gasteiger partial charge in [-0.2, -0.15) is 0 Å². The molecule has 0 aromatic heterocycles. The summed E-state index contributed by atoms with van der Waals surface area (Å²) in [5.41, 5.74) is 2.39. The number of hydrogen-bond donors (Lipinski definition) is 1. The topological polar surface area (TPSA) is 46.5 Å². The molecule has 0 saturated heterocycles. The second-order valence-corrected chi connectivity index (χ2v) is 5.87. The van der Waals surface area contributed by atoms with Crippen molar-refractivity contribution in [3.63, 3.8) is 0 Å². The Bertz CT molecular complexity index is 395. The van der Waals surface area contributed by atoms with E-state index in [0.29, 0.717) is 5.75 Å². The predicted octanol–water partition coefficient (Wildman–Crippen LogP) is 3.53. The average molecular weight is 242 g/mol. The number of hydrogen-bond acceptors (Lipinski definition) is 2. The molecule has 1 N–H and O–H groups in total. The summed E-state index contributed by atoms with van der Waals surface area (Å²) in [6, 6.07) is 5.52. The van der Waals surface area contributed by atoms with E-state index in [9.17, 15) is 4.57 Å². The van der Waals surface area contributed by atoms with Crippen molar-refractivity contribution in [1.82, 2.24) is 0 Å². The van der Waals surface area contributed by atoms with Crippen molar-refractivity contribution >= 4 is 7.60 Å². The SMILES string of the molecule is CCCCc1cc(OP(C)(=O)O)ccc1C. The molecule has 1 atom stereocenters. The maximum absolute atomic E-state index is 11.1. The largest absolute Gasteiger partial charge is 0.425 e. The van der Waals surface area contributed by atoms with Gasteiger partial charge in [-0.1, -0.05) is 19.4 Å². The van der Waals surface area contributed by atoms with E-state index in [4.69, 9.17) is 9.42 Å². The molecule has 0 fully saturated rings. The molecule has 3 nitrogen and oxygen atoms in total. The van der Waals surface area contributed by atoms with Gasteiger partial charge in [0.1, 0.15) is 5.75 Å². The molecule has 0 radical (unpaired) electrons. The Morgan fingerprint density at radius 1 is 1.44 bits per heavy atom. The summed E-state index contributed by atoms with van der Waals surface area (Å²) in [5, 5.41) is 0. The Morgan fingerprint density at radius 2 is 2.12 bits per heavy atom. The van der Waals surface area contributed by atoms with Crippen molar-refractivity contribution in [2.45, 2.75) is 33.1 Å². The molecule has 1 aromatic rings. The van der Waals surface area contributed by atoms with Crippen LogP contribution in [0.3, 0.4) is 0 Å². The van der Waals surface area contributed by atoms with Gasteiger partial charge in [0.15, 0.2) is 0 Å². The van der Waals surface area contributed by atoms with Gasteiger partial charge in [0.25, 0.3) is 0 Å². The molecule has 0 saturated carbocycles. The van der Waals surface area contributed by atoms with Gasteiger partial charge in [-0.3, -0.25) is 0 Å². The van der Waals surface area contributed by atoms with Crippen LogP contribution in [-0.2, 0) is 11.0 Å². The quantitative estimate of drug-likeness (QED) is 0.803. The lowest BCUT2D eigenvalue weighted by Crippen LogP contribution is -1.94. The van der Waals surface area contributed by atoms with Crippen LogP contribution in [-0.4, -0.2) is 11.6 Å². The normalized spacial score (nSPS) is 14.5. The first-order valence-corrected chi connectivity index (χ1v) is 7.54. The summed E-state index contributed by atoms with van der Waals surface area (Å²) in [5.74, 6) is 0.477. The third kappa shape index (κ3) is 4.38. The summed E-state index contributed by atoms with van der Waals surface area (Å²) in [6.07, 6.45) is 3.24. The monoisotopic (exact) mass is 242 g/mol. The average Bonchev–Trinajstić information content (AvgIpc) is 2.17. The molecule has 90 valence electrons. The molecule has 1 unspecified atom stereocenters. The third-order valence-electron chi connectivity index (χ3n) is 2.40. The molecular formula is C12H19O3P. The van der Waals surface area contributed by atoms with Crippen LogP contribution in [0.25, 0.3) is 0 Å². The minimum Gasteiger partial charge on any atom is -0.425 e. The first-order valence-electron chi connectivity index (χ1n) is 5.52. The van der Waals surface area contributed by atoms with E-state index >= 15 is 0 Å². The summed E-state index contributed by atoms with van der Waals surface area (Å²) in [4.78, 5) is 9.14. The van der Waals surface area contributed by atoms with Crippen molar-refractivity contribution in [1.29, 1.82) is 0 Å². The van der Waals surface area contributed by atoms with E-state index in [1.54, 1.807) is 6.07 Å². The van der Waals surface area contributed by atoms with E-state index in [1.165, 1.54) is 17.8 Å². The Morgan fingerprint density at radius 3 is 2.69 bits per heavy atom. The maximum Gasteiger partial charge on any atom is 0.373 e. The summed E-state index contributed by atoms with van der Waals surface area (Å²) < 4.78 is 16.1. The Kier molecular flexibility index (Phi) is 4.57. The molecule has 0 amide bonds. The third-order valence-corrected chi connectivity index (χ3v) is 2.94. The fraction of sp³-hybridized carbons (Fsp3) is 0.500. The minimum atomic E-state index is -3.45. The van der Waals surface area contributed by atoms with Crippen molar-refractivity contribution in [2.75, 3.05) is 6.66 Å². The van der Waals surface area contributed by atoms with E-state index in [2.05, 4.69) is 6.92 Å². The van der Waals surface area contributed by atoms with Crippen LogP contribution >= 0.6 is 7.60 Å². The smallest absolute Gasteiger partial charge is 0.373 e. The first kappa shape index (κ1) is 13.3.